The summed E-state index contributed by atoms with van der Waals surface area (Å²) < 4.78 is 46.8. The quantitative estimate of drug-likeness (QED) is 0.543. The number of hydrogen-bond acceptors (Lipinski definition) is 5. The van der Waals surface area contributed by atoms with Gasteiger partial charge in [0.2, 0.25) is 5.91 Å². The van der Waals surface area contributed by atoms with Crippen LogP contribution in [0.2, 0.25) is 0 Å². The van der Waals surface area contributed by atoms with Gasteiger partial charge in [-0.1, -0.05) is 36.4 Å². The van der Waals surface area contributed by atoms with Gasteiger partial charge in [0.05, 0.1) is 6.04 Å². The van der Waals surface area contributed by atoms with E-state index in [4.69, 9.17) is 4.74 Å². The third kappa shape index (κ3) is 4.51. The van der Waals surface area contributed by atoms with E-state index in [1.165, 1.54) is 12.1 Å². The molecule has 2 heterocycles. The lowest BCUT2D eigenvalue weighted by molar-refractivity contribution is -0.274. The van der Waals surface area contributed by atoms with Crippen LogP contribution < -0.4 is 4.74 Å². The lowest BCUT2D eigenvalue weighted by atomic mass is 10.0. The summed E-state index contributed by atoms with van der Waals surface area (Å²) in [5.74, 6) is -0.855. The lowest BCUT2D eigenvalue weighted by Gasteiger charge is -2.20. The fourth-order valence-corrected chi connectivity index (χ4v) is 3.87. The van der Waals surface area contributed by atoms with E-state index >= 15 is 0 Å². The molecule has 0 N–H and O–H groups in total. The third-order valence-electron chi connectivity index (χ3n) is 5.32. The van der Waals surface area contributed by atoms with Gasteiger partial charge in [-0.2, -0.15) is 0 Å². The summed E-state index contributed by atoms with van der Waals surface area (Å²) >= 11 is 0. The number of amides is 2. The van der Waals surface area contributed by atoms with Gasteiger partial charge in [0.25, 0.3) is 0 Å². The smallest absolute Gasteiger partial charge is 0.439 e. The molecule has 0 saturated carbocycles. The van der Waals surface area contributed by atoms with Gasteiger partial charge < -0.3 is 9.47 Å². The number of aryl methyl sites for hydroxylation is 1. The Balaban J connectivity index is 1.47. The van der Waals surface area contributed by atoms with Crippen LogP contribution in [0.4, 0.5) is 18.0 Å². The molecule has 1 fully saturated rings. The number of fused-ring (bicyclic) bond motifs is 1. The monoisotopic (exact) mass is 444 g/mol. The minimum Gasteiger partial charge on any atom is -0.439 e. The van der Waals surface area contributed by atoms with Crippen molar-refractivity contribution in [3.63, 3.8) is 0 Å². The molecule has 2 aromatic carbocycles. The maximum atomic E-state index is 12.8. The molecule has 6 nitrogen and oxygen atoms in total. The summed E-state index contributed by atoms with van der Waals surface area (Å²) in [4.78, 5) is 30.5. The molecule has 1 saturated heterocycles. The molecule has 0 spiro atoms. The SMILES string of the molecule is C[C@H]1[C@@H](c2cccc(OC(F)(F)F)c2)OC(=O)N1C(=O)CCc1cncc2ccccc12. The van der Waals surface area contributed by atoms with Gasteiger partial charge in [0.1, 0.15) is 11.9 Å². The number of ether oxygens (including phenoxy) is 2. The Labute approximate surface area is 181 Å². The van der Waals surface area contributed by atoms with Crippen molar-refractivity contribution in [3.05, 3.63) is 72.1 Å². The minimum atomic E-state index is -4.84. The van der Waals surface area contributed by atoms with E-state index < -0.39 is 36.3 Å². The molecular weight excluding hydrogens is 425 g/mol. The summed E-state index contributed by atoms with van der Waals surface area (Å²) in [6.07, 6.45) is -2.71. The zero-order valence-electron chi connectivity index (χ0n) is 17.0. The van der Waals surface area contributed by atoms with Crippen LogP contribution in [0.3, 0.4) is 0 Å². The fourth-order valence-electron chi connectivity index (χ4n) is 3.87. The first-order valence-corrected chi connectivity index (χ1v) is 9.93. The second kappa shape index (κ2) is 8.49. The molecule has 4 rings (SSSR count). The van der Waals surface area contributed by atoms with E-state index in [0.29, 0.717) is 12.0 Å². The van der Waals surface area contributed by atoms with Crippen molar-refractivity contribution in [2.24, 2.45) is 0 Å². The van der Waals surface area contributed by atoms with E-state index in [1.54, 1.807) is 19.3 Å². The highest BCUT2D eigenvalue weighted by molar-refractivity contribution is 5.94. The lowest BCUT2D eigenvalue weighted by Crippen LogP contribution is -2.37. The molecule has 2 atom stereocenters. The average Bonchev–Trinajstić information content (AvgIpc) is 3.05. The van der Waals surface area contributed by atoms with E-state index in [2.05, 4.69) is 9.72 Å². The van der Waals surface area contributed by atoms with Crippen LogP contribution in [-0.4, -0.2) is 34.3 Å². The zero-order chi connectivity index (χ0) is 22.9. The minimum absolute atomic E-state index is 0.0546. The van der Waals surface area contributed by atoms with Crippen LogP contribution in [0.5, 0.6) is 5.75 Å². The molecule has 0 radical (unpaired) electrons. The molecule has 1 aromatic heterocycles. The number of carbonyl (C=O) groups excluding carboxylic acids is 2. The highest BCUT2D eigenvalue weighted by atomic mass is 19.4. The van der Waals surface area contributed by atoms with E-state index in [1.807, 2.05) is 24.3 Å². The van der Waals surface area contributed by atoms with Crippen molar-refractivity contribution in [3.8, 4) is 5.75 Å². The number of benzene rings is 2. The molecule has 166 valence electrons. The molecule has 1 aliphatic heterocycles. The Hall–Kier alpha value is -3.62. The highest BCUT2D eigenvalue weighted by Gasteiger charge is 2.43. The topological polar surface area (TPSA) is 68.7 Å². The molecular formula is C23H19F3N2O4. The maximum absolute atomic E-state index is 12.8. The van der Waals surface area contributed by atoms with Crippen LogP contribution in [0, 0.1) is 0 Å². The van der Waals surface area contributed by atoms with Crippen LogP contribution in [0.1, 0.15) is 30.6 Å². The first-order valence-electron chi connectivity index (χ1n) is 9.93. The standard InChI is InChI=1S/C23H19F3N2O4/c1-14-21(15-6-4-7-18(11-15)32-23(24,25)26)31-22(30)28(14)20(29)10-9-17-13-27-12-16-5-2-3-8-19(16)17/h2-8,11-14,21H,9-10H2,1H3/t14-,21-/m0/s1. The Morgan fingerprint density at radius 1 is 1.16 bits per heavy atom. The molecule has 0 unspecified atom stereocenters. The highest BCUT2D eigenvalue weighted by Crippen LogP contribution is 2.35. The third-order valence-corrected chi connectivity index (χ3v) is 5.32. The predicted octanol–water partition coefficient (Wildman–Crippen LogP) is 5.17. The largest absolute Gasteiger partial charge is 0.573 e. The number of hydrogen-bond donors (Lipinski definition) is 0. The summed E-state index contributed by atoms with van der Waals surface area (Å²) in [5, 5.41) is 1.93. The van der Waals surface area contributed by atoms with Gasteiger partial charge >= 0.3 is 12.5 Å². The second-order valence-electron chi connectivity index (χ2n) is 7.45. The van der Waals surface area contributed by atoms with Crippen LogP contribution in [0.25, 0.3) is 10.8 Å². The van der Waals surface area contributed by atoms with E-state index in [0.717, 1.165) is 33.4 Å². The van der Waals surface area contributed by atoms with Gasteiger partial charge in [0.15, 0.2) is 0 Å². The Morgan fingerprint density at radius 3 is 2.72 bits per heavy atom. The van der Waals surface area contributed by atoms with Gasteiger partial charge in [-0.15, -0.1) is 13.2 Å². The number of nitrogens with zero attached hydrogens (tertiary/aromatic N) is 2. The molecule has 0 aliphatic carbocycles. The van der Waals surface area contributed by atoms with Crippen LogP contribution in [-0.2, 0) is 16.0 Å². The number of cyclic esters (lactones) is 1. The number of pyridine rings is 1. The molecule has 0 bridgehead atoms. The maximum Gasteiger partial charge on any atom is 0.573 e. The van der Waals surface area contributed by atoms with Crippen molar-refractivity contribution in [1.29, 1.82) is 0 Å². The number of aromatic nitrogens is 1. The Bertz CT molecular complexity index is 1160. The molecule has 32 heavy (non-hydrogen) atoms. The summed E-state index contributed by atoms with van der Waals surface area (Å²) in [6, 6.07) is 12.2. The summed E-state index contributed by atoms with van der Waals surface area (Å²) in [7, 11) is 0. The van der Waals surface area contributed by atoms with Crippen molar-refractivity contribution >= 4 is 22.8 Å². The summed E-state index contributed by atoms with van der Waals surface area (Å²) in [6.45, 7) is 1.62. The van der Waals surface area contributed by atoms with Crippen molar-refractivity contribution < 1.29 is 32.2 Å². The molecule has 9 heteroatoms. The normalized spacial score (nSPS) is 18.6. The van der Waals surface area contributed by atoms with Crippen molar-refractivity contribution in [1.82, 2.24) is 9.88 Å². The predicted molar refractivity (Wildman–Crippen MR) is 109 cm³/mol. The van der Waals surface area contributed by atoms with Gasteiger partial charge in [-0.25, -0.2) is 9.69 Å². The second-order valence-corrected chi connectivity index (χ2v) is 7.45. The molecule has 2 amide bonds. The van der Waals surface area contributed by atoms with E-state index in [-0.39, 0.29) is 6.42 Å². The first kappa shape index (κ1) is 21.6. The van der Waals surface area contributed by atoms with Crippen molar-refractivity contribution in [2.75, 3.05) is 0 Å². The van der Waals surface area contributed by atoms with Gasteiger partial charge in [0, 0.05) is 24.2 Å². The van der Waals surface area contributed by atoms with Crippen LogP contribution >= 0.6 is 0 Å². The Kier molecular flexibility index (Phi) is 5.73. The van der Waals surface area contributed by atoms with Gasteiger partial charge in [-0.05, 0) is 42.0 Å². The molecule has 3 aromatic rings. The molecule has 1 aliphatic rings. The van der Waals surface area contributed by atoms with E-state index in [9.17, 15) is 22.8 Å². The van der Waals surface area contributed by atoms with Crippen LogP contribution in [0.15, 0.2) is 60.9 Å². The van der Waals surface area contributed by atoms with Crippen molar-refractivity contribution in [2.45, 2.75) is 38.3 Å². The average molecular weight is 444 g/mol. The number of halogens is 3. The number of alkyl halides is 3. The number of imide groups is 1. The van der Waals surface area contributed by atoms with Gasteiger partial charge in [-0.3, -0.25) is 9.78 Å². The first-order chi connectivity index (χ1) is 15.2. The number of carbonyl (C=O) groups is 2. The Morgan fingerprint density at radius 2 is 1.94 bits per heavy atom. The number of rotatable bonds is 5. The zero-order valence-corrected chi connectivity index (χ0v) is 17.0. The summed E-state index contributed by atoms with van der Waals surface area (Å²) in [5.41, 5.74) is 1.19. The fraction of sp³-hybridized carbons (Fsp3) is 0.261.